The molecule has 1 heterocycles. The minimum Gasteiger partial charge on any atom is -0.309 e. The molecular formula is C12H24N2. The minimum absolute atomic E-state index is 0.790. The van der Waals surface area contributed by atoms with Crippen LogP contribution in [-0.2, 0) is 0 Å². The molecule has 0 aromatic heterocycles. The quantitative estimate of drug-likeness (QED) is 0.678. The van der Waals surface area contributed by atoms with Gasteiger partial charge in [0.1, 0.15) is 0 Å². The van der Waals surface area contributed by atoms with E-state index < -0.39 is 0 Å². The van der Waals surface area contributed by atoms with Crippen LogP contribution in [0.4, 0.5) is 0 Å². The van der Waals surface area contributed by atoms with E-state index in [1.165, 1.54) is 45.2 Å². The van der Waals surface area contributed by atoms with Gasteiger partial charge in [0.25, 0.3) is 0 Å². The molecule has 1 saturated carbocycles. The number of hydrogen-bond donors (Lipinski definition) is 1. The Labute approximate surface area is 88.1 Å². The molecule has 1 aliphatic carbocycles. The van der Waals surface area contributed by atoms with Gasteiger partial charge in [-0.05, 0) is 32.2 Å². The van der Waals surface area contributed by atoms with Crippen LogP contribution in [0.15, 0.2) is 0 Å². The van der Waals surface area contributed by atoms with Crippen molar-refractivity contribution < 1.29 is 0 Å². The van der Waals surface area contributed by atoms with Gasteiger partial charge in [0.2, 0.25) is 0 Å². The number of hydrogen-bond acceptors (Lipinski definition) is 2. The molecule has 0 aromatic carbocycles. The number of nitrogens with zero attached hydrogens (tertiary/aromatic N) is 1. The van der Waals surface area contributed by atoms with Crippen molar-refractivity contribution in [3.05, 3.63) is 0 Å². The average molecular weight is 196 g/mol. The Hall–Kier alpha value is -0.0800. The molecule has 2 heteroatoms. The lowest BCUT2D eigenvalue weighted by molar-refractivity contribution is 0.147. The number of rotatable bonds is 2. The van der Waals surface area contributed by atoms with E-state index in [9.17, 15) is 0 Å². The summed E-state index contributed by atoms with van der Waals surface area (Å²) in [7, 11) is 2.20. The molecule has 1 N–H and O–H groups in total. The smallest absolute Gasteiger partial charge is 0.0324 e. The van der Waals surface area contributed by atoms with E-state index in [0.717, 1.165) is 18.0 Å². The summed E-state index contributed by atoms with van der Waals surface area (Å²) >= 11 is 0. The summed E-state index contributed by atoms with van der Waals surface area (Å²) in [5.74, 6) is 0.964. The van der Waals surface area contributed by atoms with Crippen molar-refractivity contribution in [3.63, 3.8) is 0 Å². The standard InChI is InChI=1S/C12H24N2/c1-10-4-3-5-11(7-6-10)13-12-8-14(2)9-12/h10-13H,3-9H2,1-2H3. The summed E-state index contributed by atoms with van der Waals surface area (Å²) in [4.78, 5) is 2.39. The Morgan fingerprint density at radius 2 is 1.79 bits per heavy atom. The van der Waals surface area contributed by atoms with Crippen LogP contribution in [0.5, 0.6) is 0 Å². The predicted molar refractivity (Wildman–Crippen MR) is 60.5 cm³/mol. The van der Waals surface area contributed by atoms with Crippen LogP contribution in [0.25, 0.3) is 0 Å². The average Bonchev–Trinajstić information content (AvgIpc) is 2.29. The summed E-state index contributed by atoms with van der Waals surface area (Å²) < 4.78 is 0. The van der Waals surface area contributed by atoms with Crippen LogP contribution >= 0.6 is 0 Å². The molecule has 0 bridgehead atoms. The first-order valence-corrected chi connectivity index (χ1v) is 6.18. The minimum atomic E-state index is 0.790. The van der Waals surface area contributed by atoms with E-state index in [1.807, 2.05) is 0 Å². The van der Waals surface area contributed by atoms with Crippen molar-refractivity contribution in [2.45, 2.75) is 51.1 Å². The van der Waals surface area contributed by atoms with Gasteiger partial charge in [0, 0.05) is 25.2 Å². The first-order valence-electron chi connectivity index (χ1n) is 6.18. The Morgan fingerprint density at radius 3 is 2.50 bits per heavy atom. The van der Waals surface area contributed by atoms with Gasteiger partial charge in [-0.2, -0.15) is 0 Å². The zero-order valence-electron chi connectivity index (χ0n) is 9.63. The molecule has 1 aliphatic heterocycles. The maximum Gasteiger partial charge on any atom is 0.0324 e. The first kappa shape index (κ1) is 10.4. The van der Waals surface area contributed by atoms with Gasteiger partial charge in [-0.1, -0.05) is 19.8 Å². The Morgan fingerprint density at radius 1 is 1.00 bits per heavy atom. The molecule has 2 atom stereocenters. The number of nitrogens with one attached hydrogen (secondary N) is 1. The fourth-order valence-corrected chi connectivity index (χ4v) is 2.79. The summed E-state index contributed by atoms with van der Waals surface area (Å²) in [6, 6.07) is 1.61. The second-order valence-electron chi connectivity index (χ2n) is 5.40. The summed E-state index contributed by atoms with van der Waals surface area (Å²) in [6.45, 7) is 4.91. The fraction of sp³-hybridized carbons (Fsp3) is 1.00. The zero-order valence-corrected chi connectivity index (χ0v) is 9.63. The van der Waals surface area contributed by atoms with Crippen LogP contribution < -0.4 is 5.32 Å². The highest BCUT2D eigenvalue weighted by Gasteiger charge is 2.26. The molecule has 14 heavy (non-hydrogen) atoms. The van der Waals surface area contributed by atoms with E-state index in [4.69, 9.17) is 0 Å². The van der Waals surface area contributed by atoms with Crippen LogP contribution in [0.2, 0.25) is 0 Å². The molecule has 0 aromatic rings. The van der Waals surface area contributed by atoms with Crippen LogP contribution in [-0.4, -0.2) is 37.1 Å². The fourth-order valence-electron chi connectivity index (χ4n) is 2.79. The van der Waals surface area contributed by atoms with E-state index in [2.05, 4.69) is 24.2 Å². The molecule has 82 valence electrons. The Bertz CT molecular complexity index is 175. The Balaban J connectivity index is 1.69. The predicted octanol–water partition coefficient (Wildman–Crippen LogP) is 1.86. The Kier molecular flexibility index (Phi) is 3.45. The SMILES string of the molecule is CC1CCCC(NC2CN(C)C2)CC1. The van der Waals surface area contributed by atoms with Crippen LogP contribution in [0.1, 0.15) is 39.0 Å². The van der Waals surface area contributed by atoms with Gasteiger partial charge in [-0.15, -0.1) is 0 Å². The van der Waals surface area contributed by atoms with Crippen molar-refractivity contribution in [3.8, 4) is 0 Å². The third kappa shape index (κ3) is 2.71. The second kappa shape index (κ2) is 4.63. The largest absolute Gasteiger partial charge is 0.309 e. The normalized spacial score (nSPS) is 36.4. The highest BCUT2D eigenvalue weighted by Crippen LogP contribution is 2.23. The van der Waals surface area contributed by atoms with Gasteiger partial charge in [0.05, 0.1) is 0 Å². The maximum absolute atomic E-state index is 3.80. The molecule has 2 rings (SSSR count). The molecule has 2 nitrogen and oxygen atoms in total. The monoisotopic (exact) mass is 196 g/mol. The molecule has 0 spiro atoms. The lowest BCUT2D eigenvalue weighted by atomic mass is 10.0. The molecule has 1 saturated heterocycles. The molecule has 2 fully saturated rings. The summed E-state index contributed by atoms with van der Waals surface area (Å²) in [6.07, 6.45) is 7.12. The molecular weight excluding hydrogens is 172 g/mol. The topological polar surface area (TPSA) is 15.3 Å². The third-order valence-corrected chi connectivity index (χ3v) is 3.79. The lowest BCUT2D eigenvalue weighted by Crippen LogP contribution is -2.58. The molecule has 0 radical (unpaired) electrons. The van der Waals surface area contributed by atoms with Crippen molar-refractivity contribution in [2.24, 2.45) is 5.92 Å². The lowest BCUT2D eigenvalue weighted by Gasteiger charge is -2.39. The maximum atomic E-state index is 3.80. The van der Waals surface area contributed by atoms with Crippen molar-refractivity contribution in [1.82, 2.24) is 10.2 Å². The van der Waals surface area contributed by atoms with Crippen LogP contribution in [0, 0.1) is 5.92 Å². The van der Waals surface area contributed by atoms with Gasteiger partial charge < -0.3 is 10.2 Å². The highest BCUT2D eigenvalue weighted by molar-refractivity contribution is 4.87. The van der Waals surface area contributed by atoms with Crippen molar-refractivity contribution >= 4 is 0 Å². The van der Waals surface area contributed by atoms with Crippen LogP contribution in [0.3, 0.4) is 0 Å². The van der Waals surface area contributed by atoms with E-state index in [1.54, 1.807) is 0 Å². The summed E-state index contributed by atoms with van der Waals surface area (Å²) in [5, 5.41) is 3.80. The van der Waals surface area contributed by atoms with E-state index in [0.29, 0.717) is 0 Å². The van der Waals surface area contributed by atoms with Gasteiger partial charge >= 0.3 is 0 Å². The molecule has 2 unspecified atom stereocenters. The van der Waals surface area contributed by atoms with Gasteiger partial charge in [0.15, 0.2) is 0 Å². The third-order valence-electron chi connectivity index (χ3n) is 3.79. The van der Waals surface area contributed by atoms with E-state index >= 15 is 0 Å². The second-order valence-corrected chi connectivity index (χ2v) is 5.40. The number of likely N-dealkylation sites (N-methyl/N-ethyl adjacent to an activating group) is 1. The highest BCUT2D eigenvalue weighted by atomic mass is 15.2. The van der Waals surface area contributed by atoms with Gasteiger partial charge in [-0.3, -0.25) is 0 Å². The summed E-state index contributed by atoms with van der Waals surface area (Å²) in [5.41, 5.74) is 0. The first-order chi connectivity index (χ1) is 6.74. The van der Waals surface area contributed by atoms with Gasteiger partial charge in [-0.25, -0.2) is 0 Å². The number of likely N-dealkylation sites (tertiary alicyclic amines) is 1. The van der Waals surface area contributed by atoms with Crippen molar-refractivity contribution in [2.75, 3.05) is 20.1 Å². The van der Waals surface area contributed by atoms with Crippen molar-refractivity contribution in [1.29, 1.82) is 0 Å². The molecule has 0 amide bonds. The zero-order chi connectivity index (χ0) is 9.97. The molecule has 2 aliphatic rings. The van der Waals surface area contributed by atoms with E-state index in [-0.39, 0.29) is 0 Å².